The average Bonchev–Trinajstić information content (AvgIpc) is 2.36. The van der Waals surface area contributed by atoms with Crippen LogP contribution in [-0.2, 0) is 0 Å². The van der Waals surface area contributed by atoms with Gasteiger partial charge in [0.25, 0.3) is 5.91 Å². The van der Waals surface area contributed by atoms with Crippen LogP contribution in [0.15, 0.2) is 12.3 Å². The van der Waals surface area contributed by atoms with E-state index in [0.717, 1.165) is 19.2 Å². The molecule has 0 saturated heterocycles. The van der Waals surface area contributed by atoms with Gasteiger partial charge in [0.05, 0.1) is 11.8 Å². The Labute approximate surface area is 125 Å². The molecule has 1 aromatic heterocycles. The number of carbonyl (C=O) groups excluding carboxylic acids is 1. The lowest BCUT2D eigenvalue weighted by Crippen LogP contribution is -2.42. The fraction of sp³-hybridized carbons (Fsp3) is 0.600. The van der Waals surface area contributed by atoms with Crippen molar-refractivity contribution in [3.8, 4) is 0 Å². The maximum atomic E-state index is 13.3. The number of nitrogens with zero attached hydrogens (tertiary/aromatic N) is 2. The van der Waals surface area contributed by atoms with Gasteiger partial charge in [0.15, 0.2) is 0 Å². The Kier molecular flexibility index (Phi) is 6.55. The molecule has 0 fully saturated rings. The van der Waals surface area contributed by atoms with E-state index >= 15 is 0 Å². The lowest BCUT2D eigenvalue weighted by Gasteiger charge is -2.24. The summed E-state index contributed by atoms with van der Waals surface area (Å²) < 4.78 is 13.3. The van der Waals surface area contributed by atoms with Crippen LogP contribution in [0, 0.1) is 11.7 Å². The molecule has 1 atom stereocenters. The maximum absolute atomic E-state index is 13.3. The highest BCUT2D eigenvalue weighted by Crippen LogP contribution is 2.14. The lowest BCUT2D eigenvalue weighted by atomic mass is 10.0. The van der Waals surface area contributed by atoms with Crippen molar-refractivity contribution >= 4 is 11.7 Å². The number of pyridine rings is 1. The van der Waals surface area contributed by atoms with Gasteiger partial charge in [-0.25, -0.2) is 9.37 Å². The van der Waals surface area contributed by atoms with E-state index in [1.54, 1.807) is 7.05 Å². The standard InChI is InChI=1S/C15H25FN4O/c1-10(2)6-12(9-20(4)5)19-15(21)13-7-11(16)8-18-14(13)17-3/h7-8,10,12H,6,9H2,1-5H3,(H,17,18)(H,19,21). The van der Waals surface area contributed by atoms with Crippen molar-refractivity contribution in [2.75, 3.05) is 33.0 Å². The van der Waals surface area contributed by atoms with Gasteiger partial charge in [0, 0.05) is 19.6 Å². The maximum Gasteiger partial charge on any atom is 0.255 e. The van der Waals surface area contributed by atoms with Crippen LogP contribution < -0.4 is 10.6 Å². The van der Waals surface area contributed by atoms with E-state index in [1.165, 1.54) is 6.07 Å². The number of aromatic nitrogens is 1. The van der Waals surface area contributed by atoms with E-state index in [9.17, 15) is 9.18 Å². The second-order valence-electron chi connectivity index (χ2n) is 5.86. The molecule has 6 heteroatoms. The summed E-state index contributed by atoms with van der Waals surface area (Å²) in [6, 6.07) is 1.22. The van der Waals surface area contributed by atoms with Crippen LogP contribution in [0.4, 0.5) is 10.2 Å². The van der Waals surface area contributed by atoms with Gasteiger partial charge in [-0.1, -0.05) is 13.8 Å². The molecule has 1 rings (SSSR count). The number of nitrogens with one attached hydrogen (secondary N) is 2. The summed E-state index contributed by atoms with van der Waals surface area (Å²) in [4.78, 5) is 18.3. The summed E-state index contributed by atoms with van der Waals surface area (Å²) in [6.45, 7) is 4.96. The number of rotatable bonds is 7. The number of halogens is 1. The van der Waals surface area contributed by atoms with Gasteiger partial charge in [-0.05, 0) is 32.5 Å². The molecule has 0 spiro atoms. The van der Waals surface area contributed by atoms with Crippen molar-refractivity contribution in [1.82, 2.24) is 15.2 Å². The van der Waals surface area contributed by atoms with Crippen LogP contribution in [0.25, 0.3) is 0 Å². The molecule has 0 aliphatic rings. The number of anilines is 1. The fourth-order valence-electron chi connectivity index (χ4n) is 2.26. The Morgan fingerprint density at radius 2 is 2.10 bits per heavy atom. The lowest BCUT2D eigenvalue weighted by molar-refractivity contribution is 0.0924. The predicted molar refractivity (Wildman–Crippen MR) is 83.0 cm³/mol. The quantitative estimate of drug-likeness (QED) is 0.808. The Balaban J connectivity index is 2.88. The molecule has 0 aliphatic carbocycles. The van der Waals surface area contributed by atoms with Gasteiger partial charge in [-0.15, -0.1) is 0 Å². The minimum absolute atomic E-state index is 0.0143. The molecule has 1 amide bonds. The summed E-state index contributed by atoms with van der Waals surface area (Å²) in [5.41, 5.74) is 0.227. The molecule has 0 radical (unpaired) electrons. The number of hydrogen-bond donors (Lipinski definition) is 2. The third-order valence-electron chi connectivity index (χ3n) is 3.01. The Hall–Kier alpha value is -1.69. The summed E-state index contributed by atoms with van der Waals surface area (Å²) >= 11 is 0. The van der Waals surface area contributed by atoms with Crippen molar-refractivity contribution in [3.05, 3.63) is 23.6 Å². The minimum Gasteiger partial charge on any atom is -0.372 e. The molecule has 118 valence electrons. The first-order valence-corrected chi connectivity index (χ1v) is 7.12. The molecule has 0 bridgehead atoms. The third-order valence-corrected chi connectivity index (χ3v) is 3.01. The molecule has 5 nitrogen and oxygen atoms in total. The molecule has 1 unspecified atom stereocenters. The van der Waals surface area contributed by atoms with E-state index in [2.05, 4.69) is 29.5 Å². The van der Waals surface area contributed by atoms with Crippen LogP contribution >= 0.6 is 0 Å². The average molecular weight is 296 g/mol. The summed E-state index contributed by atoms with van der Waals surface area (Å²) in [6.07, 6.45) is 1.95. The van der Waals surface area contributed by atoms with Gasteiger partial charge in [-0.2, -0.15) is 0 Å². The van der Waals surface area contributed by atoms with E-state index in [0.29, 0.717) is 11.7 Å². The highest BCUT2D eigenvalue weighted by molar-refractivity contribution is 5.98. The van der Waals surface area contributed by atoms with Crippen LogP contribution in [0.2, 0.25) is 0 Å². The van der Waals surface area contributed by atoms with Gasteiger partial charge in [0.1, 0.15) is 11.6 Å². The highest BCUT2D eigenvalue weighted by atomic mass is 19.1. The molecule has 2 N–H and O–H groups in total. The molecule has 0 aromatic carbocycles. The predicted octanol–water partition coefficient (Wildman–Crippen LogP) is 1.97. The van der Waals surface area contributed by atoms with Crippen LogP contribution in [0.5, 0.6) is 0 Å². The van der Waals surface area contributed by atoms with Crippen LogP contribution in [0.1, 0.15) is 30.6 Å². The number of hydrogen-bond acceptors (Lipinski definition) is 4. The zero-order valence-corrected chi connectivity index (χ0v) is 13.4. The highest BCUT2D eigenvalue weighted by Gasteiger charge is 2.19. The van der Waals surface area contributed by atoms with Crippen molar-refractivity contribution in [2.45, 2.75) is 26.3 Å². The first-order chi connectivity index (χ1) is 9.83. The zero-order valence-electron chi connectivity index (χ0n) is 13.4. The van der Waals surface area contributed by atoms with Crippen molar-refractivity contribution in [3.63, 3.8) is 0 Å². The van der Waals surface area contributed by atoms with Gasteiger partial charge >= 0.3 is 0 Å². The monoisotopic (exact) mass is 296 g/mol. The van der Waals surface area contributed by atoms with E-state index < -0.39 is 5.82 Å². The van der Waals surface area contributed by atoms with Gasteiger partial charge in [-0.3, -0.25) is 4.79 Å². The normalized spacial score (nSPS) is 12.6. The number of amides is 1. The van der Waals surface area contributed by atoms with Crippen LogP contribution in [-0.4, -0.2) is 49.5 Å². The molecular weight excluding hydrogens is 271 g/mol. The Morgan fingerprint density at radius 1 is 1.43 bits per heavy atom. The fourth-order valence-corrected chi connectivity index (χ4v) is 2.26. The summed E-state index contributed by atoms with van der Waals surface area (Å²) in [7, 11) is 5.58. The first-order valence-electron chi connectivity index (χ1n) is 7.12. The van der Waals surface area contributed by atoms with E-state index in [-0.39, 0.29) is 17.5 Å². The van der Waals surface area contributed by atoms with Crippen molar-refractivity contribution < 1.29 is 9.18 Å². The third kappa shape index (κ3) is 5.67. The molecule has 21 heavy (non-hydrogen) atoms. The smallest absolute Gasteiger partial charge is 0.255 e. The topological polar surface area (TPSA) is 57.3 Å². The van der Waals surface area contributed by atoms with Gasteiger partial charge in [0.2, 0.25) is 0 Å². The molecule has 1 aromatic rings. The van der Waals surface area contributed by atoms with Crippen molar-refractivity contribution in [1.29, 1.82) is 0 Å². The molecule has 1 heterocycles. The zero-order chi connectivity index (χ0) is 16.0. The van der Waals surface area contributed by atoms with Crippen molar-refractivity contribution in [2.24, 2.45) is 5.92 Å². The second kappa shape index (κ2) is 7.93. The largest absolute Gasteiger partial charge is 0.372 e. The van der Waals surface area contributed by atoms with Crippen LogP contribution in [0.3, 0.4) is 0 Å². The number of carbonyl (C=O) groups is 1. The molecule has 0 aliphatic heterocycles. The Morgan fingerprint density at radius 3 is 2.62 bits per heavy atom. The molecule has 0 saturated carbocycles. The van der Waals surface area contributed by atoms with E-state index in [4.69, 9.17) is 0 Å². The minimum atomic E-state index is -0.521. The second-order valence-corrected chi connectivity index (χ2v) is 5.86. The summed E-state index contributed by atoms with van der Waals surface area (Å²) in [5.74, 6) is 0.0118. The van der Waals surface area contributed by atoms with E-state index in [1.807, 2.05) is 19.0 Å². The number of likely N-dealkylation sites (N-methyl/N-ethyl adjacent to an activating group) is 1. The summed E-state index contributed by atoms with van der Waals surface area (Å²) in [5, 5.41) is 5.78. The Bertz CT molecular complexity index is 467. The SMILES string of the molecule is CNc1ncc(F)cc1C(=O)NC(CC(C)C)CN(C)C. The molecular formula is C15H25FN4O. The van der Waals surface area contributed by atoms with Gasteiger partial charge < -0.3 is 15.5 Å². The first kappa shape index (κ1) is 17.4.